The summed E-state index contributed by atoms with van der Waals surface area (Å²) in [5.41, 5.74) is 1.97. The fraction of sp³-hybridized carbons (Fsp3) is 0.412. The van der Waals surface area contributed by atoms with Gasteiger partial charge in [0.15, 0.2) is 0 Å². The number of carbonyl (C=O) groups is 1. The largest absolute Gasteiger partial charge is 0.362 e. The molecule has 1 fully saturated rings. The fourth-order valence-corrected chi connectivity index (χ4v) is 2.25. The summed E-state index contributed by atoms with van der Waals surface area (Å²) in [5.74, 6) is 3.20. The number of nitriles is 1. The van der Waals surface area contributed by atoms with Crippen molar-refractivity contribution in [3.63, 3.8) is 0 Å². The number of nitrogens with one attached hydrogen (secondary N) is 1. The number of likely N-dealkylation sites (N-methyl/N-ethyl adjacent to an activating group) is 1. The predicted molar refractivity (Wildman–Crippen MR) is 82.7 cm³/mol. The standard InChI is InChI=1S/C17H19N3O/c1-3-14-9-16(8-7-15(14)10-18)20(11-13-5-6-13)12-17(21)19-4-2/h1,7-9,13H,4-6,11-12H2,2H3,(H,19,21). The van der Waals surface area contributed by atoms with E-state index in [0.717, 1.165) is 12.2 Å². The van der Waals surface area contributed by atoms with Crippen LogP contribution in [0.5, 0.6) is 0 Å². The first-order valence-electron chi connectivity index (χ1n) is 7.20. The molecule has 4 heteroatoms. The Bertz CT molecular complexity index is 605. The van der Waals surface area contributed by atoms with Crippen molar-refractivity contribution < 1.29 is 4.79 Å². The highest BCUT2D eigenvalue weighted by molar-refractivity contribution is 5.81. The third kappa shape index (κ3) is 4.00. The lowest BCUT2D eigenvalue weighted by Crippen LogP contribution is -2.38. The number of nitrogens with zero attached hydrogens (tertiary/aromatic N) is 2. The van der Waals surface area contributed by atoms with Crippen LogP contribution in [0.1, 0.15) is 30.9 Å². The van der Waals surface area contributed by atoms with Crippen molar-refractivity contribution in [2.24, 2.45) is 5.92 Å². The van der Waals surface area contributed by atoms with Crippen molar-refractivity contribution in [3.8, 4) is 18.4 Å². The molecule has 1 aliphatic rings. The lowest BCUT2D eigenvalue weighted by Gasteiger charge is -2.24. The molecule has 0 aliphatic heterocycles. The Morgan fingerprint density at radius 3 is 2.81 bits per heavy atom. The molecular weight excluding hydrogens is 262 g/mol. The van der Waals surface area contributed by atoms with Gasteiger partial charge in [-0.15, -0.1) is 6.42 Å². The van der Waals surface area contributed by atoms with Crippen LogP contribution in [-0.4, -0.2) is 25.5 Å². The first-order valence-corrected chi connectivity index (χ1v) is 7.20. The minimum Gasteiger partial charge on any atom is -0.362 e. The lowest BCUT2D eigenvalue weighted by atomic mass is 10.1. The summed E-state index contributed by atoms with van der Waals surface area (Å²) in [6.07, 6.45) is 7.88. The molecule has 1 amide bonds. The molecule has 0 aromatic heterocycles. The van der Waals surface area contributed by atoms with Gasteiger partial charge in [-0.1, -0.05) is 5.92 Å². The SMILES string of the molecule is C#Cc1cc(N(CC(=O)NCC)CC2CC2)ccc1C#N. The number of benzene rings is 1. The van der Waals surface area contributed by atoms with Gasteiger partial charge in [-0.3, -0.25) is 4.79 Å². The zero-order valence-electron chi connectivity index (χ0n) is 12.2. The third-order valence-corrected chi connectivity index (χ3v) is 3.53. The molecule has 2 rings (SSSR count). The average Bonchev–Trinajstić information content (AvgIpc) is 3.30. The second kappa shape index (κ2) is 6.81. The molecule has 1 aromatic carbocycles. The van der Waals surface area contributed by atoms with Crippen LogP contribution in [0.3, 0.4) is 0 Å². The summed E-state index contributed by atoms with van der Waals surface area (Å²) in [6, 6.07) is 7.49. The molecule has 1 saturated carbocycles. The minimum atomic E-state index is 0.00441. The van der Waals surface area contributed by atoms with Crippen molar-refractivity contribution in [3.05, 3.63) is 29.3 Å². The molecular formula is C17H19N3O. The predicted octanol–water partition coefficient (Wildman–Crippen LogP) is 1.89. The molecule has 4 nitrogen and oxygen atoms in total. The Morgan fingerprint density at radius 2 is 2.24 bits per heavy atom. The van der Waals surface area contributed by atoms with Gasteiger partial charge in [-0.25, -0.2) is 0 Å². The quantitative estimate of drug-likeness (QED) is 0.810. The summed E-state index contributed by atoms with van der Waals surface area (Å²) < 4.78 is 0. The normalized spacial score (nSPS) is 13.1. The third-order valence-electron chi connectivity index (χ3n) is 3.53. The van der Waals surface area contributed by atoms with E-state index >= 15 is 0 Å². The van der Waals surface area contributed by atoms with Crippen LogP contribution in [0.4, 0.5) is 5.69 Å². The summed E-state index contributed by atoms with van der Waals surface area (Å²) in [6.45, 7) is 3.70. The smallest absolute Gasteiger partial charge is 0.239 e. The van der Waals surface area contributed by atoms with Crippen molar-refractivity contribution in [2.75, 3.05) is 24.5 Å². The molecule has 0 bridgehead atoms. The van der Waals surface area contributed by atoms with Crippen LogP contribution in [0.2, 0.25) is 0 Å². The highest BCUT2D eigenvalue weighted by Crippen LogP contribution is 2.31. The van der Waals surface area contributed by atoms with Gasteiger partial charge in [0.25, 0.3) is 0 Å². The number of anilines is 1. The second-order valence-electron chi connectivity index (χ2n) is 5.26. The number of amides is 1. The number of terminal acetylenes is 1. The summed E-state index contributed by atoms with van der Waals surface area (Å²) in [4.78, 5) is 13.9. The van der Waals surface area contributed by atoms with E-state index in [0.29, 0.717) is 30.1 Å². The van der Waals surface area contributed by atoms with Gasteiger partial charge in [-0.2, -0.15) is 5.26 Å². The average molecular weight is 281 g/mol. The minimum absolute atomic E-state index is 0.00441. The van der Waals surface area contributed by atoms with E-state index in [2.05, 4.69) is 17.3 Å². The molecule has 21 heavy (non-hydrogen) atoms. The summed E-state index contributed by atoms with van der Waals surface area (Å²) >= 11 is 0. The maximum absolute atomic E-state index is 11.9. The van der Waals surface area contributed by atoms with Crippen molar-refractivity contribution >= 4 is 11.6 Å². The number of hydrogen-bond acceptors (Lipinski definition) is 3. The Morgan fingerprint density at radius 1 is 1.48 bits per heavy atom. The van der Waals surface area contributed by atoms with Gasteiger partial charge in [0, 0.05) is 24.3 Å². The zero-order valence-corrected chi connectivity index (χ0v) is 12.2. The maximum Gasteiger partial charge on any atom is 0.239 e. The monoisotopic (exact) mass is 281 g/mol. The Hall–Kier alpha value is -2.46. The first kappa shape index (κ1) is 14.9. The Balaban J connectivity index is 2.21. The van der Waals surface area contributed by atoms with E-state index in [1.807, 2.05) is 24.0 Å². The molecule has 1 N–H and O–H groups in total. The fourth-order valence-electron chi connectivity index (χ4n) is 2.25. The van der Waals surface area contributed by atoms with Crippen molar-refractivity contribution in [1.29, 1.82) is 5.26 Å². The van der Waals surface area contributed by atoms with Gasteiger partial charge >= 0.3 is 0 Å². The van der Waals surface area contributed by atoms with Gasteiger partial charge in [-0.05, 0) is 43.9 Å². The van der Waals surface area contributed by atoms with E-state index in [4.69, 9.17) is 11.7 Å². The Kier molecular flexibility index (Phi) is 4.85. The topological polar surface area (TPSA) is 56.1 Å². The molecule has 0 radical (unpaired) electrons. The number of rotatable bonds is 6. The van der Waals surface area contributed by atoms with Crippen LogP contribution in [0, 0.1) is 29.6 Å². The lowest BCUT2D eigenvalue weighted by molar-refractivity contribution is -0.119. The van der Waals surface area contributed by atoms with Crippen LogP contribution in [0.25, 0.3) is 0 Å². The van der Waals surface area contributed by atoms with E-state index < -0.39 is 0 Å². The van der Waals surface area contributed by atoms with Crippen molar-refractivity contribution in [1.82, 2.24) is 5.32 Å². The van der Waals surface area contributed by atoms with Gasteiger partial charge < -0.3 is 10.2 Å². The number of carbonyl (C=O) groups excluding carboxylic acids is 1. The molecule has 0 unspecified atom stereocenters. The molecule has 1 aromatic rings. The van der Waals surface area contributed by atoms with Gasteiger partial charge in [0.05, 0.1) is 12.1 Å². The van der Waals surface area contributed by atoms with E-state index in [1.54, 1.807) is 6.07 Å². The van der Waals surface area contributed by atoms with Crippen molar-refractivity contribution in [2.45, 2.75) is 19.8 Å². The zero-order chi connectivity index (χ0) is 15.2. The Labute approximate surface area is 125 Å². The molecule has 0 saturated heterocycles. The molecule has 0 spiro atoms. The van der Waals surface area contributed by atoms with Crippen LogP contribution in [0.15, 0.2) is 18.2 Å². The second-order valence-corrected chi connectivity index (χ2v) is 5.26. The van der Waals surface area contributed by atoms with Crippen LogP contribution < -0.4 is 10.2 Å². The number of hydrogen-bond donors (Lipinski definition) is 1. The highest BCUT2D eigenvalue weighted by Gasteiger charge is 2.25. The van der Waals surface area contributed by atoms with Crippen LogP contribution >= 0.6 is 0 Å². The van der Waals surface area contributed by atoms with Crippen LogP contribution in [-0.2, 0) is 4.79 Å². The molecule has 1 aliphatic carbocycles. The maximum atomic E-state index is 11.9. The molecule has 0 atom stereocenters. The van der Waals surface area contributed by atoms with Gasteiger partial charge in [0.1, 0.15) is 6.07 Å². The molecule has 108 valence electrons. The van der Waals surface area contributed by atoms with E-state index in [9.17, 15) is 4.79 Å². The van der Waals surface area contributed by atoms with Gasteiger partial charge in [0.2, 0.25) is 5.91 Å². The summed E-state index contributed by atoms with van der Waals surface area (Å²) in [5, 5.41) is 11.8. The highest BCUT2D eigenvalue weighted by atomic mass is 16.2. The first-order chi connectivity index (χ1) is 10.2. The molecule has 0 heterocycles. The van der Waals surface area contributed by atoms with E-state index in [1.165, 1.54) is 12.8 Å². The van der Waals surface area contributed by atoms with E-state index in [-0.39, 0.29) is 5.91 Å². The summed E-state index contributed by atoms with van der Waals surface area (Å²) in [7, 11) is 0.